The molecule has 0 unspecified atom stereocenters. The van der Waals surface area contributed by atoms with Crippen LogP contribution in [0.4, 0.5) is 15.4 Å². The molecule has 0 aliphatic heterocycles. The van der Waals surface area contributed by atoms with Gasteiger partial charge in [-0.3, -0.25) is 0 Å². The standard InChI is InChI=1S/C21H22N4S.C20H20N4S.C20H17N3O2S.C18H15N3S.C17H14N4S.C17H13N3S/c1-4-25(5-2)21-24-19(14(3)26-21)18-13-23-20-17(18)11-16(12-22-20)15-9-7-6-8-10-15;1-3-24(4-2)20-23-18(13-25-20)17-12-22-19-16(17)10-15(11-21-19)14-8-6-5-7-9-14;1-3-25-20(24)19-23-17(12(2)26-19)16-11-22-18-15(16)9-14(10-21-18)13-7-5-4-6-8-13;1-11-17(21-12(2)22-11)16-10-20-18-15(16)8-14(9-19-18)13-6-4-3-5-7-13;1-10-15(21-17(18)22-10)14-9-20-16-13(14)7-12(8-19-16)11-5-3-2-4-6-11;1-11-20-16(10-21-11)15-9-19-17-14(15)7-13(8-18-17)12-5-3-2-4-6-12/h6-13H,4-5H2,1-3H3,(H,22,23);5-13H,3-4H2,1-2H3,(H,21,22);4-11H,3H2,1-2H3,(H,21,22);3-10H,1-2H3,(H,19,20);2-9H,1H3,(H2,18,21)(H,19,20);2-10H,1H3,(H,18,19). The van der Waals surface area contributed by atoms with Crippen molar-refractivity contribution < 1.29 is 9.53 Å². The van der Waals surface area contributed by atoms with E-state index in [-0.39, 0.29) is 5.97 Å². The Kier molecular flexibility index (Phi) is 28.9. The molecule has 0 aliphatic rings. The number of hydrogen-bond acceptors (Lipinski definition) is 23. The molecule has 8 N–H and O–H groups in total. The van der Waals surface area contributed by atoms with Gasteiger partial charge in [0.25, 0.3) is 0 Å². The summed E-state index contributed by atoms with van der Waals surface area (Å²) in [5.41, 5.74) is 37.0. The molecule has 142 heavy (non-hydrogen) atoms. The Balaban J connectivity index is 0.000000108. The molecule has 0 atom stereocenters. The van der Waals surface area contributed by atoms with Crippen LogP contribution in [0.25, 0.3) is 201 Å². The van der Waals surface area contributed by atoms with Crippen molar-refractivity contribution in [3.63, 3.8) is 0 Å². The molecule has 0 spiro atoms. The molecule has 18 aromatic heterocycles. The van der Waals surface area contributed by atoms with Gasteiger partial charge in [-0.15, -0.1) is 68.0 Å². The fourth-order valence-electron chi connectivity index (χ4n) is 17.1. The highest BCUT2D eigenvalue weighted by Crippen LogP contribution is 2.43. The highest BCUT2D eigenvalue weighted by molar-refractivity contribution is 7.16. The van der Waals surface area contributed by atoms with Crippen molar-refractivity contribution in [2.24, 2.45) is 0 Å². The average molecular weight is 1980 g/mol. The van der Waals surface area contributed by atoms with Crippen LogP contribution in [0.15, 0.2) is 304 Å². The van der Waals surface area contributed by atoms with E-state index in [0.717, 1.165) is 234 Å². The number of ether oxygens (including phenoxy) is 1. The fraction of sp³-hybridized carbons (Fsp3) is 0.142. The van der Waals surface area contributed by atoms with Crippen LogP contribution in [0.5, 0.6) is 0 Å². The number of hydrogen-bond donors (Lipinski definition) is 7. The predicted molar refractivity (Wildman–Crippen MR) is 592 cm³/mol. The molecular formula is C113H101N21O2S6. The van der Waals surface area contributed by atoms with Gasteiger partial charge >= 0.3 is 5.97 Å². The van der Waals surface area contributed by atoms with E-state index in [4.69, 9.17) is 20.4 Å². The maximum atomic E-state index is 12.0. The summed E-state index contributed by atoms with van der Waals surface area (Å²) in [5, 5.41) is 16.0. The van der Waals surface area contributed by atoms with Gasteiger partial charge in [-0.1, -0.05) is 182 Å². The van der Waals surface area contributed by atoms with Gasteiger partial charge in [-0.05, 0) is 146 Å². The number of anilines is 3. The third-order valence-electron chi connectivity index (χ3n) is 24.3. The third-order valence-corrected chi connectivity index (χ3v) is 29.7. The minimum Gasteiger partial charge on any atom is -0.461 e. The molecule has 24 rings (SSSR count). The van der Waals surface area contributed by atoms with Crippen molar-refractivity contribution in [1.82, 2.24) is 89.7 Å². The largest absolute Gasteiger partial charge is 0.461 e. The van der Waals surface area contributed by atoms with Crippen LogP contribution in [0.1, 0.15) is 73.9 Å². The van der Waals surface area contributed by atoms with Crippen molar-refractivity contribution in [3.05, 3.63) is 338 Å². The first-order valence-corrected chi connectivity index (χ1v) is 51.8. The number of nitrogens with one attached hydrogen (secondary N) is 6. The van der Waals surface area contributed by atoms with E-state index in [1.807, 2.05) is 199 Å². The number of nitrogens with zero attached hydrogens (tertiary/aromatic N) is 14. The van der Waals surface area contributed by atoms with Gasteiger partial charge in [-0.2, -0.15) is 0 Å². The average Bonchev–Trinajstić information content (AvgIpc) is 1.80. The highest BCUT2D eigenvalue weighted by Gasteiger charge is 2.24. The van der Waals surface area contributed by atoms with E-state index in [1.54, 1.807) is 52.3 Å². The quantitative estimate of drug-likeness (QED) is 0.0349. The van der Waals surface area contributed by atoms with E-state index in [9.17, 15) is 4.79 Å². The molecule has 6 aromatic carbocycles. The molecular weight excluding hydrogens is 1880 g/mol. The number of aryl methyl sites for hydroxylation is 6. The number of thiazole rings is 6. The van der Waals surface area contributed by atoms with Gasteiger partial charge in [0.15, 0.2) is 15.4 Å². The molecule has 0 radical (unpaired) electrons. The van der Waals surface area contributed by atoms with Gasteiger partial charge in [0.2, 0.25) is 5.01 Å². The Morgan fingerprint density at radius 2 is 0.592 bits per heavy atom. The number of pyridine rings is 6. The Morgan fingerprint density at radius 3 is 0.901 bits per heavy atom. The lowest BCUT2D eigenvalue weighted by molar-refractivity contribution is 0.0526. The molecule has 0 bridgehead atoms. The van der Waals surface area contributed by atoms with Crippen LogP contribution in [-0.2, 0) is 4.74 Å². The third kappa shape index (κ3) is 20.7. The lowest BCUT2D eigenvalue weighted by Gasteiger charge is -2.16. The second kappa shape index (κ2) is 43.2. The van der Waals surface area contributed by atoms with Crippen LogP contribution >= 0.6 is 68.0 Å². The summed E-state index contributed by atoms with van der Waals surface area (Å²) < 4.78 is 5.07. The summed E-state index contributed by atoms with van der Waals surface area (Å²) in [6, 6.07) is 74.7. The number of esters is 1. The molecule has 0 aliphatic carbocycles. The second-order valence-corrected chi connectivity index (χ2v) is 40.3. The summed E-state index contributed by atoms with van der Waals surface area (Å²) in [6.07, 6.45) is 23.3. The normalized spacial score (nSPS) is 11.1. The van der Waals surface area contributed by atoms with Crippen molar-refractivity contribution in [2.45, 2.75) is 76.2 Å². The van der Waals surface area contributed by atoms with E-state index in [1.165, 1.54) is 54.7 Å². The fourth-order valence-corrected chi connectivity index (χ4v) is 22.1. The van der Waals surface area contributed by atoms with Gasteiger partial charge < -0.3 is 50.2 Å². The summed E-state index contributed by atoms with van der Waals surface area (Å²) in [7, 11) is 0. The number of benzene rings is 6. The summed E-state index contributed by atoms with van der Waals surface area (Å²) in [6.45, 7) is 27.0. The zero-order chi connectivity index (χ0) is 97.9. The zero-order valence-corrected chi connectivity index (χ0v) is 84.9. The Hall–Kier alpha value is -15.9. The Morgan fingerprint density at radius 1 is 0.303 bits per heavy atom. The molecule has 0 fully saturated rings. The summed E-state index contributed by atoms with van der Waals surface area (Å²) >= 11 is 9.71. The number of nitrogens with two attached hydrogens (primary N) is 1. The number of aromatic nitrogens is 18. The van der Waals surface area contributed by atoms with Crippen LogP contribution in [0, 0.1) is 41.5 Å². The second-order valence-electron chi connectivity index (χ2n) is 33.4. The Bertz CT molecular complexity index is 8290. The first-order valence-electron chi connectivity index (χ1n) is 46.8. The van der Waals surface area contributed by atoms with Gasteiger partial charge in [0, 0.05) is 230 Å². The molecule has 24 aromatic rings. The molecule has 23 nitrogen and oxygen atoms in total. The van der Waals surface area contributed by atoms with E-state index in [0.29, 0.717) is 16.7 Å². The molecule has 0 saturated carbocycles. The number of H-pyrrole nitrogens is 6. The summed E-state index contributed by atoms with van der Waals surface area (Å²) in [5.74, 6) is -0.380. The lowest BCUT2D eigenvalue weighted by atomic mass is 10.0. The van der Waals surface area contributed by atoms with Crippen molar-refractivity contribution in [1.29, 1.82) is 0 Å². The molecule has 706 valence electrons. The smallest absolute Gasteiger partial charge is 0.367 e. The van der Waals surface area contributed by atoms with Gasteiger partial charge in [-0.25, -0.2) is 64.6 Å². The predicted octanol–water partition coefficient (Wildman–Crippen LogP) is 29.4. The first kappa shape index (κ1) is 95.0. The summed E-state index contributed by atoms with van der Waals surface area (Å²) in [4.78, 5) is 96.0. The number of carbonyl (C=O) groups excluding carboxylic acids is 1. The molecule has 18 heterocycles. The Labute approximate surface area is 845 Å². The topological polar surface area (TPSA) is 308 Å². The van der Waals surface area contributed by atoms with Crippen molar-refractivity contribution >= 4 is 156 Å². The minimum absolute atomic E-state index is 0.338. The SMILES string of the molecule is CCN(CC)c1nc(-c2c[nH]c3ncc(-c4ccccc4)cc23)c(C)s1.CCN(CC)c1nc(-c2c[nH]c3ncc(-c4ccccc4)cc23)cs1.CCOC(=O)c1nc(-c2c[nH]c3ncc(-c4ccccc4)cc23)c(C)s1.Cc1nc(-c2c[nH]c3ncc(-c4ccccc4)cc23)c(C)s1.Cc1nc(-c2c[nH]c3ncc(-c4ccccc4)cc23)cs1.Cc1sc(N)nc1-c1c[nH]c2ncc(-c3ccccc3)cc12. The maximum absolute atomic E-state index is 12.0. The molecule has 0 saturated heterocycles. The zero-order valence-electron chi connectivity index (χ0n) is 80.0. The van der Waals surface area contributed by atoms with E-state index in [2.05, 4.69) is 263 Å². The number of rotatable bonds is 20. The van der Waals surface area contributed by atoms with Crippen LogP contribution < -0.4 is 15.5 Å². The number of nitrogen functional groups attached to an aromatic ring is 1. The highest BCUT2D eigenvalue weighted by atomic mass is 32.1. The maximum Gasteiger partial charge on any atom is 0.367 e. The van der Waals surface area contributed by atoms with Crippen LogP contribution in [0.3, 0.4) is 0 Å². The van der Waals surface area contributed by atoms with Crippen LogP contribution in [0.2, 0.25) is 0 Å². The monoisotopic (exact) mass is 1980 g/mol. The number of carbonyl (C=O) groups is 1. The molecule has 29 heteroatoms. The minimum atomic E-state index is -0.380. The lowest BCUT2D eigenvalue weighted by Crippen LogP contribution is -2.21. The van der Waals surface area contributed by atoms with Crippen LogP contribution in [-0.4, -0.2) is 128 Å². The van der Waals surface area contributed by atoms with E-state index < -0.39 is 0 Å². The van der Waals surface area contributed by atoms with Gasteiger partial charge in [0.05, 0.1) is 50.8 Å². The van der Waals surface area contributed by atoms with E-state index >= 15 is 0 Å². The number of fused-ring (bicyclic) bond motifs is 6. The van der Waals surface area contributed by atoms with Gasteiger partial charge in [0.1, 0.15) is 33.9 Å². The molecule has 0 amide bonds. The number of aromatic amines is 6. The van der Waals surface area contributed by atoms with Crippen molar-refractivity contribution in [2.75, 3.05) is 48.3 Å². The first-order chi connectivity index (χ1) is 69.4. The van der Waals surface area contributed by atoms with Crippen molar-refractivity contribution in [3.8, 4) is 134 Å².